The molecular formula is C15H14N2O2. The van der Waals surface area contributed by atoms with Gasteiger partial charge in [0.25, 0.3) is 0 Å². The van der Waals surface area contributed by atoms with Crippen LogP contribution in [0.25, 0.3) is 11.0 Å². The van der Waals surface area contributed by atoms with Crippen molar-refractivity contribution in [3.8, 4) is 5.75 Å². The van der Waals surface area contributed by atoms with Crippen molar-refractivity contribution < 1.29 is 9.15 Å². The molecule has 19 heavy (non-hydrogen) atoms. The Morgan fingerprint density at radius 3 is 3.11 bits per heavy atom. The maximum absolute atomic E-state index is 5.35. The fourth-order valence-corrected chi connectivity index (χ4v) is 2.00. The minimum atomic E-state index is 0.689. The molecule has 2 heterocycles. The molecule has 0 saturated carbocycles. The van der Waals surface area contributed by atoms with Crippen molar-refractivity contribution in [2.45, 2.75) is 6.54 Å². The third-order valence-electron chi connectivity index (χ3n) is 2.97. The minimum Gasteiger partial charge on any atom is -0.497 e. The van der Waals surface area contributed by atoms with E-state index in [4.69, 9.17) is 9.15 Å². The summed E-state index contributed by atoms with van der Waals surface area (Å²) in [5.74, 6) is 1.68. The molecule has 2 aromatic heterocycles. The van der Waals surface area contributed by atoms with Crippen LogP contribution in [0.1, 0.15) is 5.56 Å². The molecule has 0 saturated heterocycles. The van der Waals surface area contributed by atoms with Crippen LogP contribution in [-0.2, 0) is 6.54 Å². The second kappa shape index (κ2) is 5.02. The van der Waals surface area contributed by atoms with E-state index in [0.717, 1.165) is 28.1 Å². The van der Waals surface area contributed by atoms with Crippen molar-refractivity contribution >= 4 is 16.8 Å². The summed E-state index contributed by atoms with van der Waals surface area (Å²) in [6.07, 6.45) is 3.41. The van der Waals surface area contributed by atoms with Gasteiger partial charge in [-0.05, 0) is 29.8 Å². The number of anilines is 1. The molecule has 1 aromatic carbocycles. The van der Waals surface area contributed by atoms with E-state index < -0.39 is 0 Å². The van der Waals surface area contributed by atoms with Gasteiger partial charge in [0.05, 0.1) is 18.8 Å². The summed E-state index contributed by atoms with van der Waals surface area (Å²) in [5, 5.41) is 4.31. The minimum absolute atomic E-state index is 0.689. The van der Waals surface area contributed by atoms with Gasteiger partial charge in [-0.1, -0.05) is 12.1 Å². The molecule has 0 unspecified atom stereocenters. The molecule has 0 fully saturated rings. The molecule has 4 nitrogen and oxygen atoms in total. The molecule has 96 valence electrons. The number of furan rings is 1. The van der Waals surface area contributed by atoms with Crippen molar-refractivity contribution in [2.75, 3.05) is 12.4 Å². The highest BCUT2D eigenvalue weighted by Gasteiger charge is 2.04. The van der Waals surface area contributed by atoms with Gasteiger partial charge in [-0.3, -0.25) is 0 Å². The maximum atomic E-state index is 5.35. The Bertz CT molecular complexity index is 691. The summed E-state index contributed by atoms with van der Waals surface area (Å²) >= 11 is 0. The molecule has 1 N–H and O–H groups in total. The molecule has 0 spiro atoms. The Morgan fingerprint density at radius 1 is 1.26 bits per heavy atom. The number of pyridine rings is 1. The molecule has 3 rings (SSSR count). The van der Waals surface area contributed by atoms with Gasteiger partial charge in [0.1, 0.15) is 17.2 Å². The topological polar surface area (TPSA) is 47.3 Å². The predicted molar refractivity (Wildman–Crippen MR) is 74.3 cm³/mol. The van der Waals surface area contributed by atoms with E-state index in [9.17, 15) is 0 Å². The van der Waals surface area contributed by atoms with Crippen LogP contribution >= 0.6 is 0 Å². The first kappa shape index (κ1) is 11.6. The standard InChI is InChI=1S/C15H14N2O2/c1-18-12-4-2-3-11(9-12)10-17-15-13-6-8-19-14(13)5-7-16-15/h2-9H,10H2,1H3,(H,16,17). The summed E-state index contributed by atoms with van der Waals surface area (Å²) in [6, 6.07) is 11.7. The zero-order valence-corrected chi connectivity index (χ0v) is 10.6. The van der Waals surface area contributed by atoms with Gasteiger partial charge >= 0.3 is 0 Å². The average Bonchev–Trinajstić information content (AvgIpc) is 2.94. The number of fused-ring (bicyclic) bond motifs is 1. The van der Waals surface area contributed by atoms with E-state index in [1.165, 1.54) is 0 Å². The Hall–Kier alpha value is -2.49. The number of rotatable bonds is 4. The number of aromatic nitrogens is 1. The van der Waals surface area contributed by atoms with E-state index in [1.807, 2.05) is 36.4 Å². The molecule has 0 bridgehead atoms. The predicted octanol–water partition coefficient (Wildman–Crippen LogP) is 3.45. The number of ether oxygens (including phenoxy) is 1. The normalized spacial score (nSPS) is 10.6. The number of methoxy groups -OCH3 is 1. The van der Waals surface area contributed by atoms with Gasteiger partial charge in [-0.2, -0.15) is 0 Å². The van der Waals surface area contributed by atoms with Gasteiger partial charge in [-0.15, -0.1) is 0 Å². The summed E-state index contributed by atoms with van der Waals surface area (Å²) in [6.45, 7) is 0.689. The third-order valence-corrected chi connectivity index (χ3v) is 2.97. The van der Waals surface area contributed by atoms with Crippen LogP contribution in [-0.4, -0.2) is 12.1 Å². The lowest BCUT2D eigenvalue weighted by molar-refractivity contribution is 0.414. The largest absolute Gasteiger partial charge is 0.497 e. The molecule has 3 aromatic rings. The molecule has 0 amide bonds. The number of benzene rings is 1. The molecule has 0 aliphatic heterocycles. The third kappa shape index (κ3) is 2.38. The highest BCUT2D eigenvalue weighted by atomic mass is 16.5. The van der Waals surface area contributed by atoms with Gasteiger partial charge in [0, 0.05) is 12.7 Å². The van der Waals surface area contributed by atoms with Crippen molar-refractivity contribution in [3.05, 3.63) is 54.4 Å². The first-order valence-corrected chi connectivity index (χ1v) is 6.06. The SMILES string of the molecule is COc1cccc(CNc2nccc3occc23)c1. The van der Waals surface area contributed by atoms with Gasteiger partial charge in [0.2, 0.25) is 0 Å². The second-order valence-electron chi connectivity index (χ2n) is 4.20. The van der Waals surface area contributed by atoms with Crippen LogP contribution < -0.4 is 10.1 Å². The number of nitrogens with one attached hydrogen (secondary N) is 1. The summed E-state index contributed by atoms with van der Waals surface area (Å²) in [5.41, 5.74) is 1.98. The summed E-state index contributed by atoms with van der Waals surface area (Å²) in [7, 11) is 1.67. The molecule has 0 radical (unpaired) electrons. The molecule has 0 atom stereocenters. The van der Waals surface area contributed by atoms with E-state index in [-0.39, 0.29) is 0 Å². The van der Waals surface area contributed by atoms with Gasteiger partial charge in [-0.25, -0.2) is 4.98 Å². The molecular weight excluding hydrogens is 240 g/mol. The van der Waals surface area contributed by atoms with Crippen molar-refractivity contribution in [3.63, 3.8) is 0 Å². The smallest absolute Gasteiger partial charge is 0.139 e. The molecule has 4 heteroatoms. The highest BCUT2D eigenvalue weighted by Crippen LogP contribution is 2.22. The second-order valence-corrected chi connectivity index (χ2v) is 4.20. The zero-order valence-electron chi connectivity index (χ0n) is 10.6. The van der Waals surface area contributed by atoms with E-state index in [1.54, 1.807) is 19.6 Å². The first-order valence-electron chi connectivity index (χ1n) is 6.06. The van der Waals surface area contributed by atoms with Crippen LogP contribution in [0.5, 0.6) is 5.75 Å². The number of hydrogen-bond donors (Lipinski definition) is 1. The molecule has 0 aliphatic rings. The van der Waals surface area contributed by atoms with Crippen LogP contribution in [0, 0.1) is 0 Å². The first-order chi connectivity index (χ1) is 9.36. The lowest BCUT2D eigenvalue weighted by Gasteiger charge is -2.07. The Morgan fingerprint density at radius 2 is 2.21 bits per heavy atom. The monoisotopic (exact) mass is 254 g/mol. The maximum Gasteiger partial charge on any atom is 0.139 e. The van der Waals surface area contributed by atoms with Crippen LogP contribution in [0.15, 0.2) is 53.3 Å². The Labute approximate surface area is 111 Å². The molecule has 0 aliphatic carbocycles. The lowest BCUT2D eigenvalue weighted by atomic mass is 10.2. The summed E-state index contributed by atoms with van der Waals surface area (Å²) in [4.78, 5) is 4.33. The number of hydrogen-bond acceptors (Lipinski definition) is 4. The van der Waals surface area contributed by atoms with Crippen LogP contribution in [0.3, 0.4) is 0 Å². The van der Waals surface area contributed by atoms with Gasteiger partial charge in [0.15, 0.2) is 0 Å². The fraction of sp³-hybridized carbons (Fsp3) is 0.133. The Balaban J connectivity index is 1.80. The van der Waals surface area contributed by atoms with E-state index in [0.29, 0.717) is 6.54 Å². The highest BCUT2D eigenvalue weighted by molar-refractivity contribution is 5.87. The fourth-order valence-electron chi connectivity index (χ4n) is 2.00. The van der Waals surface area contributed by atoms with Crippen molar-refractivity contribution in [2.24, 2.45) is 0 Å². The lowest BCUT2D eigenvalue weighted by Crippen LogP contribution is -2.01. The average molecular weight is 254 g/mol. The van der Waals surface area contributed by atoms with Crippen molar-refractivity contribution in [1.29, 1.82) is 0 Å². The van der Waals surface area contributed by atoms with Crippen molar-refractivity contribution in [1.82, 2.24) is 4.98 Å². The summed E-state index contributed by atoms with van der Waals surface area (Å²) < 4.78 is 10.6. The quantitative estimate of drug-likeness (QED) is 0.774. The zero-order chi connectivity index (χ0) is 13.1. The Kier molecular flexibility index (Phi) is 3.06. The van der Waals surface area contributed by atoms with E-state index in [2.05, 4.69) is 10.3 Å². The van der Waals surface area contributed by atoms with Crippen LogP contribution in [0.4, 0.5) is 5.82 Å². The number of nitrogens with zero attached hydrogens (tertiary/aromatic N) is 1. The van der Waals surface area contributed by atoms with E-state index >= 15 is 0 Å². The van der Waals surface area contributed by atoms with Crippen LogP contribution in [0.2, 0.25) is 0 Å². The van der Waals surface area contributed by atoms with Gasteiger partial charge < -0.3 is 14.5 Å².